The first-order valence-corrected chi connectivity index (χ1v) is 9.68. The van der Waals surface area contributed by atoms with Crippen molar-refractivity contribution < 1.29 is 14.3 Å². The van der Waals surface area contributed by atoms with Gasteiger partial charge in [-0.3, -0.25) is 9.59 Å². The summed E-state index contributed by atoms with van der Waals surface area (Å²) < 4.78 is 5.14. The van der Waals surface area contributed by atoms with Crippen LogP contribution in [-0.4, -0.2) is 30.5 Å². The van der Waals surface area contributed by atoms with Crippen molar-refractivity contribution in [3.8, 4) is 16.3 Å². The molecule has 144 valence electrons. The molecule has 28 heavy (non-hydrogen) atoms. The van der Waals surface area contributed by atoms with Gasteiger partial charge in [-0.15, -0.1) is 11.3 Å². The summed E-state index contributed by atoms with van der Waals surface area (Å²) in [6.07, 6.45) is 0.637. The average Bonchev–Trinajstić information content (AvgIpc) is 3.16. The van der Waals surface area contributed by atoms with Crippen molar-refractivity contribution in [3.63, 3.8) is 0 Å². The lowest BCUT2D eigenvalue weighted by Gasteiger charge is -2.06. The monoisotopic (exact) mass is 395 g/mol. The normalized spacial score (nSPS) is 10.4. The molecular formula is C21H21N3O3S. The molecule has 0 saturated heterocycles. The first kappa shape index (κ1) is 19.6. The molecule has 6 nitrogen and oxygen atoms in total. The van der Waals surface area contributed by atoms with Crippen LogP contribution in [-0.2, 0) is 11.2 Å². The predicted octanol–water partition coefficient (Wildman–Crippen LogP) is 3.75. The van der Waals surface area contributed by atoms with E-state index in [0.29, 0.717) is 24.3 Å². The lowest BCUT2D eigenvalue weighted by atomic mass is 10.2. The predicted molar refractivity (Wildman–Crippen MR) is 111 cm³/mol. The van der Waals surface area contributed by atoms with Crippen LogP contribution in [0.1, 0.15) is 23.0 Å². The Morgan fingerprint density at radius 1 is 1.14 bits per heavy atom. The number of ether oxygens (including phenoxy) is 1. The van der Waals surface area contributed by atoms with Crippen molar-refractivity contribution in [3.05, 3.63) is 65.2 Å². The lowest BCUT2D eigenvalue weighted by Crippen LogP contribution is -2.25. The maximum atomic E-state index is 12.2. The van der Waals surface area contributed by atoms with Gasteiger partial charge in [0.15, 0.2) is 0 Å². The third kappa shape index (κ3) is 5.17. The number of carbonyl (C=O) groups excluding carboxylic acids is 2. The van der Waals surface area contributed by atoms with Gasteiger partial charge in [0.25, 0.3) is 5.91 Å². The fourth-order valence-corrected chi connectivity index (χ4v) is 3.51. The Hall–Kier alpha value is -3.19. The number of carbonyl (C=O) groups is 2. The van der Waals surface area contributed by atoms with Crippen LogP contribution in [0.3, 0.4) is 0 Å². The van der Waals surface area contributed by atoms with Crippen molar-refractivity contribution in [2.45, 2.75) is 13.3 Å². The average molecular weight is 395 g/mol. The van der Waals surface area contributed by atoms with Gasteiger partial charge in [0.1, 0.15) is 10.8 Å². The van der Waals surface area contributed by atoms with Gasteiger partial charge >= 0.3 is 0 Å². The van der Waals surface area contributed by atoms with Gasteiger partial charge in [0, 0.05) is 42.1 Å². The molecule has 0 aliphatic rings. The van der Waals surface area contributed by atoms with Crippen LogP contribution < -0.4 is 15.4 Å². The molecule has 0 saturated carbocycles. The molecule has 1 aromatic heterocycles. The van der Waals surface area contributed by atoms with Crippen molar-refractivity contribution >= 4 is 28.8 Å². The Morgan fingerprint density at radius 2 is 1.96 bits per heavy atom. The number of benzene rings is 2. The van der Waals surface area contributed by atoms with E-state index in [9.17, 15) is 9.59 Å². The molecular weight excluding hydrogens is 374 g/mol. The standard InChI is InChI=1S/C21H21N3O3S/c1-14(25)23-17-7-3-6-16(11-17)21-24-18(13-28-21)9-10-22-20(26)15-5-4-8-19(12-15)27-2/h3-8,11-13H,9-10H2,1-2H3,(H,22,26)(H,23,25). The fraction of sp³-hybridized carbons (Fsp3) is 0.190. The van der Waals surface area contributed by atoms with E-state index in [1.54, 1.807) is 31.4 Å². The maximum absolute atomic E-state index is 12.2. The molecule has 0 atom stereocenters. The van der Waals surface area contributed by atoms with Gasteiger partial charge in [0.05, 0.1) is 12.8 Å². The fourth-order valence-electron chi connectivity index (χ4n) is 2.66. The Kier molecular flexibility index (Phi) is 6.39. The van der Waals surface area contributed by atoms with Crippen molar-refractivity contribution in [1.82, 2.24) is 10.3 Å². The molecule has 3 rings (SSSR count). The summed E-state index contributed by atoms with van der Waals surface area (Å²) in [5, 5.41) is 8.54. The summed E-state index contributed by atoms with van der Waals surface area (Å²) in [4.78, 5) is 28.1. The van der Waals surface area contributed by atoms with Gasteiger partial charge in [0.2, 0.25) is 5.91 Å². The molecule has 0 radical (unpaired) electrons. The number of thiazole rings is 1. The Balaban J connectivity index is 1.57. The lowest BCUT2D eigenvalue weighted by molar-refractivity contribution is -0.114. The molecule has 0 fully saturated rings. The van der Waals surface area contributed by atoms with E-state index in [1.165, 1.54) is 18.3 Å². The Bertz CT molecular complexity index is 984. The number of anilines is 1. The van der Waals surface area contributed by atoms with Crippen LogP contribution in [0.15, 0.2) is 53.9 Å². The first-order valence-electron chi connectivity index (χ1n) is 8.80. The number of aromatic nitrogens is 1. The zero-order valence-corrected chi connectivity index (χ0v) is 16.5. The topological polar surface area (TPSA) is 80.3 Å². The van der Waals surface area contributed by atoms with Gasteiger partial charge in [-0.2, -0.15) is 0 Å². The van der Waals surface area contributed by atoms with E-state index in [-0.39, 0.29) is 11.8 Å². The van der Waals surface area contributed by atoms with E-state index in [4.69, 9.17) is 4.74 Å². The van der Waals surface area contributed by atoms with Crippen LogP contribution in [0.25, 0.3) is 10.6 Å². The molecule has 7 heteroatoms. The molecule has 0 spiro atoms. The highest BCUT2D eigenvalue weighted by Crippen LogP contribution is 2.26. The van der Waals surface area contributed by atoms with E-state index in [2.05, 4.69) is 15.6 Å². The number of amides is 2. The van der Waals surface area contributed by atoms with Crippen molar-refractivity contribution in [2.24, 2.45) is 0 Å². The molecule has 1 heterocycles. The number of nitrogens with one attached hydrogen (secondary N) is 2. The first-order chi connectivity index (χ1) is 13.5. The third-order valence-corrected chi connectivity index (χ3v) is 4.92. The van der Waals surface area contributed by atoms with Crippen LogP contribution >= 0.6 is 11.3 Å². The second-order valence-corrected chi connectivity index (χ2v) is 7.00. The highest BCUT2D eigenvalue weighted by Gasteiger charge is 2.09. The van der Waals surface area contributed by atoms with E-state index < -0.39 is 0 Å². The van der Waals surface area contributed by atoms with E-state index in [0.717, 1.165) is 22.0 Å². The van der Waals surface area contributed by atoms with E-state index in [1.807, 2.05) is 29.6 Å². The number of hydrogen-bond donors (Lipinski definition) is 2. The smallest absolute Gasteiger partial charge is 0.251 e. The largest absolute Gasteiger partial charge is 0.497 e. The minimum atomic E-state index is -0.141. The van der Waals surface area contributed by atoms with Crippen LogP contribution in [0.4, 0.5) is 5.69 Å². The Morgan fingerprint density at radius 3 is 2.75 bits per heavy atom. The highest BCUT2D eigenvalue weighted by molar-refractivity contribution is 7.13. The van der Waals surface area contributed by atoms with Crippen molar-refractivity contribution in [2.75, 3.05) is 19.0 Å². The summed E-state index contributed by atoms with van der Waals surface area (Å²) in [6.45, 7) is 1.97. The van der Waals surface area contributed by atoms with Crippen LogP contribution in [0.2, 0.25) is 0 Å². The number of rotatable bonds is 7. The molecule has 0 unspecified atom stereocenters. The number of hydrogen-bond acceptors (Lipinski definition) is 5. The van der Waals surface area contributed by atoms with Crippen LogP contribution in [0, 0.1) is 0 Å². The SMILES string of the molecule is COc1cccc(C(=O)NCCc2csc(-c3cccc(NC(C)=O)c3)n2)c1. The molecule has 0 bridgehead atoms. The van der Waals surface area contributed by atoms with Crippen molar-refractivity contribution in [1.29, 1.82) is 0 Å². The highest BCUT2D eigenvalue weighted by atomic mass is 32.1. The van der Waals surface area contributed by atoms with Gasteiger partial charge < -0.3 is 15.4 Å². The minimum absolute atomic E-state index is 0.108. The van der Waals surface area contributed by atoms with E-state index >= 15 is 0 Å². The van der Waals surface area contributed by atoms with Gasteiger partial charge in [-0.05, 0) is 30.3 Å². The van der Waals surface area contributed by atoms with Gasteiger partial charge in [-0.1, -0.05) is 18.2 Å². The summed E-state index contributed by atoms with van der Waals surface area (Å²) in [5.74, 6) is 0.402. The number of methoxy groups -OCH3 is 1. The molecule has 2 amide bonds. The second-order valence-electron chi connectivity index (χ2n) is 6.14. The maximum Gasteiger partial charge on any atom is 0.251 e. The summed E-state index contributed by atoms with van der Waals surface area (Å²) in [5.41, 5.74) is 3.17. The molecule has 2 N–H and O–H groups in total. The summed E-state index contributed by atoms with van der Waals surface area (Å²) in [7, 11) is 1.57. The van der Waals surface area contributed by atoms with Crippen LogP contribution in [0.5, 0.6) is 5.75 Å². The minimum Gasteiger partial charge on any atom is -0.497 e. The quantitative estimate of drug-likeness (QED) is 0.638. The summed E-state index contributed by atoms with van der Waals surface area (Å²) in [6, 6.07) is 14.6. The molecule has 3 aromatic rings. The zero-order valence-electron chi connectivity index (χ0n) is 15.7. The summed E-state index contributed by atoms with van der Waals surface area (Å²) >= 11 is 1.54. The second kappa shape index (κ2) is 9.14. The zero-order chi connectivity index (χ0) is 19.9. The third-order valence-electron chi connectivity index (χ3n) is 3.98. The Labute approximate surface area is 167 Å². The molecule has 0 aliphatic heterocycles. The molecule has 2 aromatic carbocycles. The molecule has 0 aliphatic carbocycles. The van der Waals surface area contributed by atoms with Gasteiger partial charge in [-0.25, -0.2) is 4.98 Å². The number of nitrogens with zero attached hydrogens (tertiary/aromatic N) is 1.